The maximum atomic E-state index is 9.10. The lowest BCUT2D eigenvalue weighted by molar-refractivity contribution is 0.239. The molecular weight excluding hydrogens is 250 g/mol. The number of anilines is 1. The van der Waals surface area contributed by atoms with Crippen LogP contribution in [0.4, 0.5) is 5.82 Å². The molecule has 2 fully saturated rings. The molecule has 3 rings (SSSR count). The summed E-state index contributed by atoms with van der Waals surface area (Å²) in [5, 5.41) is 12.8. The van der Waals surface area contributed by atoms with Crippen molar-refractivity contribution in [2.75, 3.05) is 31.1 Å². The van der Waals surface area contributed by atoms with Crippen LogP contribution in [0.3, 0.4) is 0 Å². The van der Waals surface area contributed by atoms with Gasteiger partial charge in [-0.2, -0.15) is 0 Å². The van der Waals surface area contributed by atoms with Gasteiger partial charge in [0.05, 0.1) is 0 Å². The van der Waals surface area contributed by atoms with Gasteiger partial charge in [0, 0.05) is 38.5 Å². The average Bonchev–Trinajstić information content (AvgIpc) is 3.27. The summed E-state index contributed by atoms with van der Waals surface area (Å²) in [7, 11) is 0. The standard InChI is InChI=1S/C16H25N3O/c20-12-8-16(6-7-16)13-18-14-4-10-19(11-5-14)15-3-1-2-9-17-15/h1-3,9,14,18,20H,4-8,10-13H2. The number of aliphatic hydroxyl groups is 1. The number of pyridine rings is 1. The molecule has 1 aromatic rings. The molecule has 2 aliphatic rings. The number of hydrogen-bond acceptors (Lipinski definition) is 4. The molecule has 20 heavy (non-hydrogen) atoms. The number of aromatic nitrogens is 1. The molecule has 4 nitrogen and oxygen atoms in total. The van der Waals surface area contributed by atoms with E-state index >= 15 is 0 Å². The molecular formula is C16H25N3O. The Morgan fingerprint density at radius 3 is 2.70 bits per heavy atom. The van der Waals surface area contributed by atoms with Crippen LogP contribution in [0.1, 0.15) is 32.1 Å². The Balaban J connectivity index is 1.43. The molecule has 0 spiro atoms. The number of rotatable bonds is 6. The highest BCUT2D eigenvalue weighted by atomic mass is 16.3. The van der Waals surface area contributed by atoms with Gasteiger partial charge in [0.1, 0.15) is 5.82 Å². The first-order valence-electron chi connectivity index (χ1n) is 7.82. The van der Waals surface area contributed by atoms with Gasteiger partial charge in [0.15, 0.2) is 0 Å². The molecule has 1 saturated carbocycles. The van der Waals surface area contributed by atoms with Crippen molar-refractivity contribution in [2.24, 2.45) is 5.41 Å². The fraction of sp³-hybridized carbons (Fsp3) is 0.688. The van der Waals surface area contributed by atoms with E-state index in [1.54, 1.807) is 0 Å². The predicted octanol–water partition coefficient (Wildman–Crippen LogP) is 1.80. The molecule has 1 aliphatic carbocycles. The lowest BCUT2D eigenvalue weighted by atomic mass is 10.00. The van der Waals surface area contributed by atoms with E-state index < -0.39 is 0 Å². The molecule has 2 N–H and O–H groups in total. The van der Waals surface area contributed by atoms with Gasteiger partial charge in [-0.3, -0.25) is 0 Å². The molecule has 0 atom stereocenters. The van der Waals surface area contributed by atoms with Crippen molar-refractivity contribution in [3.8, 4) is 0 Å². The summed E-state index contributed by atoms with van der Waals surface area (Å²) in [6.07, 6.45) is 7.77. The average molecular weight is 275 g/mol. The van der Waals surface area contributed by atoms with Crippen molar-refractivity contribution in [3.05, 3.63) is 24.4 Å². The first-order valence-corrected chi connectivity index (χ1v) is 7.82. The third-order valence-corrected chi connectivity index (χ3v) is 4.83. The number of hydrogen-bond donors (Lipinski definition) is 2. The minimum absolute atomic E-state index is 0.333. The van der Waals surface area contributed by atoms with Gasteiger partial charge in [-0.05, 0) is 49.7 Å². The molecule has 1 saturated heterocycles. The minimum atomic E-state index is 0.333. The summed E-state index contributed by atoms with van der Waals surface area (Å²) in [5.41, 5.74) is 0.423. The molecule has 0 amide bonds. The van der Waals surface area contributed by atoms with Gasteiger partial charge in [-0.25, -0.2) is 4.98 Å². The molecule has 0 unspecified atom stereocenters. The smallest absolute Gasteiger partial charge is 0.128 e. The van der Waals surface area contributed by atoms with E-state index in [0.717, 1.165) is 31.9 Å². The Labute approximate surface area is 121 Å². The van der Waals surface area contributed by atoms with E-state index in [4.69, 9.17) is 5.11 Å². The number of piperidine rings is 1. The summed E-state index contributed by atoms with van der Waals surface area (Å²) in [6.45, 7) is 3.59. The third kappa shape index (κ3) is 3.30. The topological polar surface area (TPSA) is 48.4 Å². The predicted molar refractivity (Wildman–Crippen MR) is 80.8 cm³/mol. The Hall–Kier alpha value is -1.13. The van der Waals surface area contributed by atoms with Gasteiger partial charge in [-0.1, -0.05) is 6.07 Å². The van der Waals surface area contributed by atoms with Crippen LogP contribution in [-0.4, -0.2) is 42.4 Å². The van der Waals surface area contributed by atoms with Crippen molar-refractivity contribution in [1.82, 2.24) is 10.3 Å². The van der Waals surface area contributed by atoms with Gasteiger partial charge in [0.2, 0.25) is 0 Å². The van der Waals surface area contributed by atoms with Gasteiger partial charge >= 0.3 is 0 Å². The molecule has 0 bridgehead atoms. The van der Waals surface area contributed by atoms with Crippen molar-refractivity contribution in [2.45, 2.75) is 38.1 Å². The van der Waals surface area contributed by atoms with Crippen molar-refractivity contribution in [1.29, 1.82) is 0 Å². The first-order chi connectivity index (χ1) is 9.81. The van der Waals surface area contributed by atoms with E-state index in [9.17, 15) is 0 Å². The summed E-state index contributed by atoms with van der Waals surface area (Å²) < 4.78 is 0. The minimum Gasteiger partial charge on any atom is -0.396 e. The van der Waals surface area contributed by atoms with Gasteiger partial charge in [0.25, 0.3) is 0 Å². The number of aliphatic hydroxyl groups excluding tert-OH is 1. The van der Waals surface area contributed by atoms with Crippen LogP contribution in [0.15, 0.2) is 24.4 Å². The van der Waals surface area contributed by atoms with Crippen LogP contribution >= 0.6 is 0 Å². The molecule has 0 aromatic carbocycles. The monoisotopic (exact) mass is 275 g/mol. The first kappa shape index (κ1) is 13.8. The quantitative estimate of drug-likeness (QED) is 0.831. The molecule has 110 valence electrons. The third-order valence-electron chi connectivity index (χ3n) is 4.83. The largest absolute Gasteiger partial charge is 0.396 e. The Morgan fingerprint density at radius 1 is 1.30 bits per heavy atom. The molecule has 4 heteroatoms. The highest BCUT2D eigenvalue weighted by molar-refractivity contribution is 5.38. The highest BCUT2D eigenvalue weighted by Crippen LogP contribution is 2.48. The summed E-state index contributed by atoms with van der Waals surface area (Å²) in [5.74, 6) is 1.10. The van der Waals surface area contributed by atoms with Crippen molar-refractivity contribution in [3.63, 3.8) is 0 Å². The highest BCUT2D eigenvalue weighted by Gasteiger charge is 2.41. The lowest BCUT2D eigenvalue weighted by Gasteiger charge is -2.34. The summed E-state index contributed by atoms with van der Waals surface area (Å²) in [4.78, 5) is 6.80. The van der Waals surface area contributed by atoms with Gasteiger partial charge < -0.3 is 15.3 Å². The zero-order valence-electron chi connectivity index (χ0n) is 12.1. The maximum Gasteiger partial charge on any atom is 0.128 e. The number of nitrogens with one attached hydrogen (secondary N) is 1. The second-order valence-corrected chi connectivity index (χ2v) is 6.30. The van der Waals surface area contributed by atoms with Crippen LogP contribution in [0.2, 0.25) is 0 Å². The van der Waals surface area contributed by atoms with Crippen LogP contribution in [0.25, 0.3) is 0 Å². The molecule has 0 radical (unpaired) electrons. The number of nitrogens with zero attached hydrogens (tertiary/aromatic N) is 2. The van der Waals surface area contributed by atoms with Crippen molar-refractivity contribution >= 4 is 5.82 Å². The second-order valence-electron chi connectivity index (χ2n) is 6.30. The maximum absolute atomic E-state index is 9.10. The summed E-state index contributed by atoms with van der Waals surface area (Å²) in [6, 6.07) is 6.74. The molecule has 1 aliphatic heterocycles. The Morgan fingerprint density at radius 2 is 2.10 bits per heavy atom. The SMILES string of the molecule is OCCC1(CNC2CCN(c3ccccn3)CC2)CC1. The van der Waals surface area contributed by atoms with E-state index in [-0.39, 0.29) is 0 Å². The molecule has 2 heterocycles. The molecule has 1 aromatic heterocycles. The Bertz CT molecular complexity index is 411. The summed E-state index contributed by atoms with van der Waals surface area (Å²) >= 11 is 0. The van der Waals surface area contributed by atoms with Crippen LogP contribution < -0.4 is 10.2 Å². The van der Waals surface area contributed by atoms with E-state index in [0.29, 0.717) is 18.1 Å². The van der Waals surface area contributed by atoms with Crippen molar-refractivity contribution < 1.29 is 5.11 Å². The van der Waals surface area contributed by atoms with Crippen LogP contribution in [0, 0.1) is 5.41 Å². The fourth-order valence-corrected chi connectivity index (χ4v) is 3.14. The van der Waals surface area contributed by atoms with Crippen LogP contribution in [-0.2, 0) is 0 Å². The zero-order chi connectivity index (χ0) is 13.8. The zero-order valence-corrected chi connectivity index (χ0v) is 12.1. The Kier molecular flexibility index (Phi) is 4.22. The van der Waals surface area contributed by atoms with E-state index in [1.165, 1.54) is 25.7 Å². The van der Waals surface area contributed by atoms with E-state index in [2.05, 4.69) is 27.3 Å². The van der Waals surface area contributed by atoms with Gasteiger partial charge in [-0.15, -0.1) is 0 Å². The normalized spacial score (nSPS) is 21.9. The lowest BCUT2D eigenvalue weighted by Crippen LogP contribution is -2.44. The fourth-order valence-electron chi connectivity index (χ4n) is 3.14. The van der Waals surface area contributed by atoms with E-state index in [1.807, 2.05) is 12.3 Å². The second kappa shape index (κ2) is 6.10. The van der Waals surface area contributed by atoms with Crippen LogP contribution in [0.5, 0.6) is 0 Å².